The van der Waals surface area contributed by atoms with Gasteiger partial charge in [-0.2, -0.15) is 0 Å². The van der Waals surface area contributed by atoms with E-state index in [1.165, 1.54) is 0 Å². The molecule has 2 amide bonds. The Hall–Kier alpha value is -1.88. The predicted octanol–water partition coefficient (Wildman–Crippen LogP) is 2.74. The van der Waals surface area contributed by atoms with Gasteiger partial charge in [0.25, 0.3) is 11.8 Å². The average molecular weight is 346 g/mol. The van der Waals surface area contributed by atoms with Gasteiger partial charge in [0.2, 0.25) is 0 Å². The summed E-state index contributed by atoms with van der Waals surface area (Å²) in [7, 11) is 0. The summed E-state index contributed by atoms with van der Waals surface area (Å²) in [5.41, 5.74) is 1.13. The Morgan fingerprint density at radius 1 is 1.04 bits per heavy atom. The van der Waals surface area contributed by atoms with Crippen molar-refractivity contribution in [2.45, 2.75) is 52.6 Å². The largest absolute Gasteiger partial charge is 0.393 e. The third kappa shape index (κ3) is 6.50. The Balaban J connectivity index is 1.84. The Kier molecular flexibility index (Phi) is 6.59. The molecule has 5 nitrogen and oxygen atoms in total. The van der Waals surface area contributed by atoms with Gasteiger partial charge < -0.3 is 15.7 Å². The van der Waals surface area contributed by atoms with Crippen molar-refractivity contribution in [1.82, 2.24) is 10.6 Å². The topological polar surface area (TPSA) is 78.4 Å². The number of amides is 2. The van der Waals surface area contributed by atoms with Crippen molar-refractivity contribution in [3.63, 3.8) is 0 Å². The molecular weight excluding hydrogens is 316 g/mol. The fourth-order valence-corrected chi connectivity index (χ4v) is 3.01. The van der Waals surface area contributed by atoms with E-state index in [0.29, 0.717) is 30.1 Å². The van der Waals surface area contributed by atoms with Crippen molar-refractivity contribution in [2.24, 2.45) is 11.3 Å². The van der Waals surface area contributed by atoms with Gasteiger partial charge in [0.15, 0.2) is 0 Å². The number of hydrogen-bond donors (Lipinski definition) is 3. The molecule has 1 aliphatic carbocycles. The minimum atomic E-state index is -0.235. The van der Waals surface area contributed by atoms with Gasteiger partial charge in [-0.25, -0.2) is 0 Å². The summed E-state index contributed by atoms with van der Waals surface area (Å²) in [6, 6.07) is 6.71. The molecule has 0 spiro atoms. The quantitative estimate of drug-likeness (QED) is 0.767. The lowest BCUT2D eigenvalue weighted by molar-refractivity contribution is 0.0873. The molecule has 2 unspecified atom stereocenters. The van der Waals surface area contributed by atoms with Gasteiger partial charge in [-0.3, -0.25) is 9.59 Å². The van der Waals surface area contributed by atoms with Crippen LogP contribution >= 0.6 is 0 Å². The van der Waals surface area contributed by atoms with Crippen LogP contribution < -0.4 is 10.6 Å². The van der Waals surface area contributed by atoms with E-state index >= 15 is 0 Å². The van der Waals surface area contributed by atoms with Crippen molar-refractivity contribution < 1.29 is 14.7 Å². The van der Waals surface area contributed by atoms with Crippen LogP contribution in [-0.4, -0.2) is 36.1 Å². The van der Waals surface area contributed by atoms with E-state index in [-0.39, 0.29) is 23.3 Å². The smallest absolute Gasteiger partial charge is 0.251 e. The lowest BCUT2D eigenvalue weighted by Gasteiger charge is -2.25. The van der Waals surface area contributed by atoms with Crippen LogP contribution in [0.2, 0.25) is 0 Å². The molecule has 0 bridgehead atoms. The number of rotatable bonds is 5. The van der Waals surface area contributed by atoms with Crippen molar-refractivity contribution in [2.75, 3.05) is 13.1 Å². The molecule has 0 aromatic heterocycles. The summed E-state index contributed by atoms with van der Waals surface area (Å²) >= 11 is 0. The molecule has 1 saturated carbocycles. The molecule has 1 fully saturated rings. The molecule has 1 aromatic rings. The highest BCUT2D eigenvalue weighted by Gasteiger charge is 2.20. The Morgan fingerprint density at radius 2 is 1.60 bits per heavy atom. The number of benzene rings is 1. The highest BCUT2D eigenvalue weighted by atomic mass is 16.3. The predicted molar refractivity (Wildman–Crippen MR) is 98.5 cm³/mol. The van der Waals surface area contributed by atoms with E-state index in [4.69, 9.17) is 0 Å². The monoisotopic (exact) mass is 346 g/mol. The highest BCUT2D eigenvalue weighted by Crippen LogP contribution is 2.23. The number of hydrogen-bond acceptors (Lipinski definition) is 3. The van der Waals surface area contributed by atoms with E-state index in [1.54, 1.807) is 24.3 Å². The van der Waals surface area contributed by atoms with Gasteiger partial charge in [0.05, 0.1) is 6.10 Å². The number of aliphatic hydroxyl groups excluding tert-OH is 1. The van der Waals surface area contributed by atoms with Gasteiger partial charge in [-0.1, -0.05) is 27.2 Å². The second-order valence-electron chi connectivity index (χ2n) is 8.22. The standard InChI is InChI=1S/C20H30N2O3/c1-20(2,3)13-22-19(25)16-9-7-15(8-10-16)18(24)21-12-14-5-4-6-17(23)11-14/h7-10,14,17,23H,4-6,11-13H2,1-3H3,(H,21,24)(H,22,25). The fraction of sp³-hybridized carbons (Fsp3) is 0.600. The molecular formula is C20H30N2O3. The van der Waals surface area contributed by atoms with Crippen LogP contribution in [0.15, 0.2) is 24.3 Å². The first kappa shape index (κ1) is 19.4. The van der Waals surface area contributed by atoms with Crippen molar-refractivity contribution in [3.8, 4) is 0 Å². The van der Waals surface area contributed by atoms with Crippen LogP contribution in [-0.2, 0) is 0 Å². The van der Waals surface area contributed by atoms with E-state index < -0.39 is 0 Å². The summed E-state index contributed by atoms with van der Waals surface area (Å²) in [4.78, 5) is 24.3. The van der Waals surface area contributed by atoms with Crippen LogP contribution in [0.3, 0.4) is 0 Å². The Bertz CT molecular complexity index is 590. The van der Waals surface area contributed by atoms with Crippen molar-refractivity contribution in [3.05, 3.63) is 35.4 Å². The molecule has 5 heteroatoms. The normalized spacial score (nSPS) is 20.8. The molecule has 0 aliphatic heterocycles. The van der Waals surface area contributed by atoms with Crippen LogP contribution in [0.25, 0.3) is 0 Å². The molecule has 2 atom stereocenters. The first-order valence-corrected chi connectivity index (χ1v) is 9.09. The Morgan fingerprint density at radius 3 is 2.12 bits per heavy atom. The van der Waals surface area contributed by atoms with Crippen LogP contribution in [0.4, 0.5) is 0 Å². The molecule has 0 heterocycles. The van der Waals surface area contributed by atoms with Crippen molar-refractivity contribution in [1.29, 1.82) is 0 Å². The van der Waals surface area contributed by atoms with Gasteiger partial charge in [0.1, 0.15) is 0 Å². The number of nitrogens with one attached hydrogen (secondary N) is 2. The summed E-state index contributed by atoms with van der Waals surface area (Å²) in [5.74, 6) is 0.0786. The van der Waals surface area contributed by atoms with Crippen LogP contribution in [0, 0.1) is 11.3 Å². The van der Waals surface area contributed by atoms with E-state index in [2.05, 4.69) is 31.4 Å². The molecule has 1 aromatic carbocycles. The maximum absolute atomic E-state index is 12.2. The summed E-state index contributed by atoms with van der Waals surface area (Å²) < 4.78 is 0. The number of carbonyl (C=O) groups excluding carboxylic acids is 2. The van der Waals surface area contributed by atoms with Gasteiger partial charge in [0, 0.05) is 24.2 Å². The van der Waals surface area contributed by atoms with E-state index in [9.17, 15) is 14.7 Å². The van der Waals surface area contributed by atoms with Gasteiger partial charge >= 0.3 is 0 Å². The third-order valence-electron chi connectivity index (χ3n) is 4.49. The first-order valence-electron chi connectivity index (χ1n) is 9.09. The molecule has 2 rings (SSSR count). The minimum absolute atomic E-state index is 0.0299. The summed E-state index contributed by atoms with van der Waals surface area (Å²) in [6.07, 6.45) is 3.45. The highest BCUT2D eigenvalue weighted by molar-refractivity contribution is 5.97. The lowest BCUT2D eigenvalue weighted by Crippen LogP contribution is -2.33. The lowest BCUT2D eigenvalue weighted by atomic mass is 9.87. The molecule has 138 valence electrons. The second kappa shape index (κ2) is 8.48. The molecule has 1 aliphatic rings. The molecule has 25 heavy (non-hydrogen) atoms. The van der Waals surface area contributed by atoms with Crippen molar-refractivity contribution >= 4 is 11.8 Å². The fourth-order valence-electron chi connectivity index (χ4n) is 3.01. The molecule has 0 saturated heterocycles. The van der Waals surface area contributed by atoms with Crippen LogP contribution in [0.5, 0.6) is 0 Å². The summed E-state index contributed by atoms with van der Waals surface area (Å²) in [5, 5.41) is 15.5. The van der Waals surface area contributed by atoms with Gasteiger partial charge in [-0.15, -0.1) is 0 Å². The van der Waals surface area contributed by atoms with E-state index in [0.717, 1.165) is 25.7 Å². The molecule has 3 N–H and O–H groups in total. The number of carbonyl (C=O) groups is 2. The maximum atomic E-state index is 12.2. The molecule has 0 radical (unpaired) electrons. The minimum Gasteiger partial charge on any atom is -0.393 e. The zero-order chi connectivity index (χ0) is 18.4. The van der Waals surface area contributed by atoms with Gasteiger partial charge in [-0.05, 0) is 54.9 Å². The average Bonchev–Trinajstić information content (AvgIpc) is 2.57. The van der Waals surface area contributed by atoms with E-state index in [1.807, 2.05) is 0 Å². The maximum Gasteiger partial charge on any atom is 0.251 e. The second-order valence-corrected chi connectivity index (χ2v) is 8.22. The zero-order valence-electron chi connectivity index (χ0n) is 15.5. The zero-order valence-corrected chi connectivity index (χ0v) is 15.5. The Labute approximate surface area is 150 Å². The number of aliphatic hydroxyl groups is 1. The summed E-state index contributed by atoms with van der Waals surface area (Å²) in [6.45, 7) is 7.37. The van der Waals surface area contributed by atoms with Crippen LogP contribution in [0.1, 0.15) is 67.2 Å². The third-order valence-corrected chi connectivity index (χ3v) is 4.49. The first-order chi connectivity index (χ1) is 11.7. The SMILES string of the molecule is CC(C)(C)CNC(=O)c1ccc(C(=O)NCC2CCCC(O)C2)cc1.